The van der Waals surface area contributed by atoms with Crippen LogP contribution in [0.2, 0.25) is 0 Å². The number of carbonyl (C=O) groups excluding carboxylic acids is 1. The molecule has 0 aliphatic heterocycles. The molecule has 0 saturated heterocycles. The van der Waals surface area contributed by atoms with Crippen molar-refractivity contribution in [1.82, 2.24) is 5.43 Å². The number of nitro groups is 1. The zero-order chi connectivity index (χ0) is 17.9. The molecule has 2 rings (SSSR count). The summed E-state index contributed by atoms with van der Waals surface area (Å²) in [5, 5.41) is 13.8. The first-order valence-electron chi connectivity index (χ1n) is 6.12. The Morgan fingerprint density at radius 2 is 2.00 bits per heavy atom. The number of hydrogen-bond acceptors (Lipinski definition) is 5. The maximum Gasteiger partial charge on any atom is 0.433 e. The summed E-state index contributed by atoms with van der Waals surface area (Å²) in [4.78, 5) is 21.1. The second-order valence-corrected chi connectivity index (χ2v) is 4.37. The largest absolute Gasteiger partial charge is 0.433 e. The molecule has 1 amide bonds. The summed E-state index contributed by atoms with van der Waals surface area (Å²) in [7, 11) is 0. The second-order valence-electron chi connectivity index (χ2n) is 4.37. The smallest absolute Gasteiger partial charge is 0.395 e. The molecule has 1 aromatic carbocycles. The van der Waals surface area contributed by atoms with Crippen LogP contribution in [0.5, 0.6) is 0 Å². The molecular weight excluding hydrogens is 338 g/mol. The van der Waals surface area contributed by atoms with Crippen molar-refractivity contribution in [2.75, 3.05) is 0 Å². The molecule has 2 aromatic rings. The summed E-state index contributed by atoms with van der Waals surface area (Å²) in [6.07, 6.45) is -3.95. The van der Waals surface area contributed by atoms with E-state index in [1.165, 1.54) is 0 Å². The Hall–Kier alpha value is -3.24. The quantitative estimate of drug-likeness (QED) is 0.398. The first-order chi connectivity index (χ1) is 11.2. The molecule has 0 radical (unpaired) electrons. The monoisotopic (exact) mass is 345 g/mol. The van der Waals surface area contributed by atoms with Gasteiger partial charge in [0.2, 0.25) is 5.76 Å². The van der Waals surface area contributed by atoms with Gasteiger partial charge in [0.15, 0.2) is 0 Å². The number of halogens is 4. The van der Waals surface area contributed by atoms with Crippen LogP contribution in [0, 0.1) is 15.9 Å². The SMILES string of the molecule is O=C(NN=Cc1cc(F)cc(C(F)(F)F)c1)c1ccc([N+](=O)[O-])o1. The van der Waals surface area contributed by atoms with Crippen LogP contribution < -0.4 is 5.43 Å². The molecule has 0 saturated carbocycles. The Morgan fingerprint density at radius 3 is 2.58 bits per heavy atom. The number of carbonyl (C=O) groups is 1. The first-order valence-corrected chi connectivity index (χ1v) is 6.12. The van der Waals surface area contributed by atoms with E-state index in [0.717, 1.165) is 24.4 Å². The Bertz CT molecular complexity index is 814. The van der Waals surface area contributed by atoms with Crippen molar-refractivity contribution in [3.63, 3.8) is 0 Å². The third-order valence-electron chi connectivity index (χ3n) is 2.62. The van der Waals surface area contributed by atoms with Gasteiger partial charge in [0.1, 0.15) is 10.7 Å². The van der Waals surface area contributed by atoms with Gasteiger partial charge in [-0.3, -0.25) is 14.9 Å². The number of amides is 1. The van der Waals surface area contributed by atoms with Crippen molar-refractivity contribution >= 4 is 18.0 Å². The summed E-state index contributed by atoms with van der Waals surface area (Å²) >= 11 is 0. The molecule has 7 nitrogen and oxygen atoms in total. The average Bonchev–Trinajstić information content (AvgIpc) is 2.95. The molecular formula is C13H7F4N3O4. The molecule has 0 aliphatic carbocycles. The van der Waals surface area contributed by atoms with E-state index in [4.69, 9.17) is 0 Å². The van der Waals surface area contributed by atoms with Gasteiger partial charge in [0.05, 0.1) is 17.8 Å². The van der Waals surface area contributed by atoms with Crippen molar-refractivity contribution in [3.8, 4) is 0 Å². The summed E-state index contributed by atoms with van der Waals surface area (Å²) < 4.78 is 55.4. The Balaban J connectivity index is 2.09. The fourth-order valence-corrected chi connectivity index (χ4v) is 1.62. The van der Waals surface area contributed by atoms with Crippen LogP contribution in [0.3, 0.4) is 0 Å². The van der Waals surface area contributed by atoms with Gasteiger partial charge in [-0.15, -0.1) is 0 Å². The lowest BCUT2D eigenvalue weighted by atomic mass is 10.1. The number of nitrogens with zero attached hydrogens (tertiary/aromatic N) is 2. The second kappa shape index (κ2) is 6.48. The number of nitrogens with one attached hydrogen (secondary N) is 1. The third-order valence-corrected chi connectivity index (χ3v) is 2.62. The van der Waals surface area contributed by atoms with Gasteiger partial charge in [-0.05, 0) is 29.8 Å². The maximum atomic E-state index is 13.2. The summed E-state index contributed by atoms with van der Waals surface area (Å²) in [6, 6.07) is 3.70. The van der Waals surface area contributed by atoms with E-state index in [-0.39, 0.29) is 5.56 Å². The Kier molecular flexibility index (Phi) is 4.62. The molecule has 0 unspecified atom stereocenters. The van der Waals surface area contributed by atoms with E-state index in [1.807, 2.05) is 5.43 Å². The molecule has 0 atom stereocenters. The lowest BCUT2D eigenvalue weighted by Crippen LogP contribution is -2.16. The highest BCUT2D eigenvalue weighted by Crippen LogP contribution is 2.30. The van der Waals surface area contributed by atoms with Crippen LogP contribution in [-0.4, -0.2) is 17.0 Å². The zero-order valence-electron chi connectivity index (χ0n) is 11.5. The molecule has 0 aliphatic rings. The Morgan fingerprint density at radius 1 is 1.29 bits per heavy atom. The molecule has 1 heterocycles. The Labute approximate surface area is 130 Å². The van der Waals surface area contributed by atoms with Crippen molar-refractivity contribution in [2.45, 2.75) is 6.18 Å². The van der Waals surface area contributed by atoms with Crippen LogP contribution in [0.1, 0.15) is 21.7 Å². The van der Waals surface area contributed by atoms with Crippen LogP contribution in [0.15, 0.2) is 39.9 Å². The standard InChI is InChI=1S/C13H7F4N3O4/c14-9-4-7(3-8(5-9)13(15,16)17)6-18-19-12(21)10-1-2-11(24-10)20(22)23/h1-6H,(H,19,21). The van der Waals surface area contributed by atoms with E-state index >= 15 is 0 Å². The van der Waals surface area contributed by atoms with Crippen molar-refractivity contribution in [2.24, 2.45) is 5.10 Å². The highest BCUT2D eigenvalue weighted by molar-refractivity contribution is 5.92. The highest BCUT2D eigenvalue weighted by Gasteiger charge is 2.31. The molecule has 0 spiro atoms. The minimum atomic E-state index is -4.74. The number of benzene rings is 1. The highest BCUT2D eigenvalue weighted by atomic mass is 19.4. The fourth-order valence-electron chi connectivity index (χ4n) is 1.62. The summed E-state index contributed by atoms with van der Waals surface area (Å²) in [6.45, 7) is 0. The summed E-state index contributed by atoms with van der Waals surface area (Å²) in [5.74, 6) is -3.18. The van der Waals surface area contributed by atoms with E-state index in [1.54, 1.807) is 0 Å². The van der Waals surface area contributed by atoms with Crippen molar-refractivity contribution in [1.29, 1.82) is 0 Å². The average molecular weight is 345 g/mol. The molecule has 126 valence electrons. The van der Waals surface area contributed by atoms with Gasteiger partial charge < -0.3 is 4.42 Å². The predicted octanol–water partition coefficient (Wildman–Crippen LogP) is 3.11. The van der Waals surface area contributed by atoms with Gasteiger partial charge in [0.25, 0.3) is 0 Å². The number of hydrogen-bond donors (Lipinski definition) is 1. The van der Waals surface area contributed by atoms with Crippen LogP contribution >= 0.6 is 0 Å². The van der Waals surface area contributed by atoms with E-state index in [0.29, 0.717) is 12.1 Å². The molecule has 24 heavy (non-hydrogen) atoms. The molecule has 11 heteroatoms. The number of rotatable bonds is 4. The number of furan rings is 1. The normalized spacial score (nSPS) is 11.7. The van der Waals surface area contributed by atoms with Crippen molar-refractivity contribution in [3.05, 3.63) is 63.2 Å². The van der Waals surface area contributed by atoms with Crippen molar-refractivity contribution < 1.29 is 31.7 Å². The molecule has 0 bridgehead atoms. The minimum absolute atomic E-state index is 0.243. The van der Waals surface area contributed by atoms with E-state index in [9.17, 15) is 32.5 Å². The molecule has 1 N–H and O–H groups in total. The third kappa shape index (κ3) is 4.15. The van der Waals surface area contributed by atoms with Crippen LogP contribution in [0.25, 0.3) is 0 Å². The topological polar surface area (TPSA) is 97.7 Å². The van der Waals surface area contributed by atoms with Gasteiger partial charge in [-0.2, -0.15) is 18.3 Å². The zero-order valence-corrected chi connectivity index (χ0v) is 11.5. The lowest BCUT2D eigenvalue weighted by Gasteiger charge is -2.07. The predicted molar refractivity (Wildman–Crippen MR) is 71.8 cm³/mol. The van der Waals surface area contributed by atoms with Crippen LogP contribution in [-0.2, 0) is 6.18 Å². The lowest BCUT2D eigenvalue weighted by molar-refractivity contribution is -0.402. The fraction of sp³-hybridized carbons (Fsp3) is 0.0769. The number of hydrazone groups is 1. The van der Waals surface area contributed by atoms with E-state index in [2.05, 4.69) is 9.52 Å². The number of alkyl halides is 3. The molecule has 0 fully saturated rings. The van der Waals surface area contributed by atoms with Crippen LogP contribution in [0.4, 0.5) is 23.4 Å². The minimum Gasteiger partial charge on any atom is -0.395 e. The maximum absolute atomic E-state index is 13.2. The van der Waals surface area contributed by atoms with Gasteiger partial charge in [-0.1, -0.05) is 0 Å². The molecule has 1 aromatic heterocycles. The van der Waals surface area contributed by atoms with Gasteiger partial charge in [0, 0.05) is 0 Å². The van der Waals surface area contributed by atoms with Gasteiger partial charge in [-0.25, -0.2) is 9.82 Å². The first kappa shape index (κ1) is 17.1. The van der Waals surface area contributed by atoms with E-state index < -0.39 is 40.0 Å². The summed E-state index contributed by atoms with van der Waals surface area (Å²) in [5.41, 5.74) is 0.434. The van der Waals surface area contributed by atoms with Gasteiger partial charge >= 0.3 is 18.0 Å².